The average Bonchev–Trinajstić information content (AvgIpc) is 3.19. The van der Waals surface area contributed by atoms with E-state index < -0.39 is 5.66 Å². The number of nitrogens with zero attached hydrogens (tertiary/aromatic N) is 2. The standard InChI is InChI=1S/C23H19ClN2O/c24-19-12-10-18(11-13-19)23-21-9-5-4-8-20(21)22(27)26(23)15-14-25(23)16-17-6-2-1-3-7-17/h1-13H,14-16H2. The molecule has 27 heavy (non-hydrogen) atoms. The van der Waals surface area contributed by atoms with E-state index in [1.54, 1.807) is 0 Å². The molecule has 2 heterocycles. The highest BCUT2D eigenvalue weighted by Gasteiger charge is 2.57. The topological polar surface area (TPSA) is 23.6 Å². The molecule has 134 valence electrons. The van der Waals surface area contributed by atoms with Crippen LogP contribution in [-0.4, -0.2) is 28.8 Å². The van der Waals surface area contributed by atoms with E-state index in [2.05, 4.69) is 35.2 Å². The fraction of sp³-hybridized carbons (Fsp3) is 0.174. The van der Waals surface area contributed by atoms with Crippen molar-refractivity contribution in [2.45, 2.75) is 12.2 Å². The molecule has 0 saturated carbocycles. The van der Waals surface area contributed by atoms with Gasteiger partial charge in [-0.15, -0.1) is 0 Å². The van der Waals surface area contributed by atoms with Crippen molar-refractivity contribution < 1.29 is 4.79 Å². The Labute approximate surface area is 163 Å². The van der Waals surface area contributed by atoms with Crippen molar-refractivity contribution in [1.82, 2.24) is 9.80 Å². The van der Waals surface area contributed by atoms with E-state index in [0.717, 1.165) is 29.8 Å². The lowest BCUT2D eigenvalue weighted by atomic mass is 9.89. The van der Waals surface area contributed by atoms with Crippen LogP contribution in [0, 0.1) is 0 Å². The maximum atomic E-state index is 13.2. The number of hydrogen-bond acceptors (Lipinski definition) is 2. The number of halogens is 1. The van der Waals surface area contributed by atoms with Crippen molar-refractivity contribution in [3.8, 4) is 0 Å². The summed E-state index contributed by atoms with van der Waals surface area (Å²) in [6, 6.07) is 26.3. The van der Waals surface area contributed by atoms with Gasteiger partial charge in [0.2, 0.25) is 0 Å². The molecule has 1 saturated heterocycles. The molecule has 0 aliphatic carbocycles. The van der Waals surface area contributed by atoms with Gasteiger partial charge in [0, 0.05) is 35.8 Å². The van der Waals surface area contributed by atoms with Crippen LogP contribution in [0.3, 0.4) is 0 Å². The normalized spacial score (nSPS) is 21.4. The van der Waals surface area contributed by atoms with Gasteiger partial charge >= 0.3 is 0 Å². The fourth-order valence-electron chi connectivity index (χ4n) is 4.57. The zero-order chi connectivity index (χ0) is 18.4. The molecule has 4 heteroatoms. The van der Waals surface area contributed by atoms with Crippen LogP contribution in [0.15, 0.2) is 78.9 Å². The number of carbonyl (C=O) groups is 1. The predicted molar refractivity (Wildman–Crippen MR) is 107 cm³/mol. The quantitative estimate of drug-likeness (QED) is 0.673. The monoisotopic (exact) mass is 374 g/mol. The second kappa shape index (κ2) is 6.22. The van der Waals surface area contributed by atoms with Crippen LogP contribution in [0.4, 0.5) is 0 Å². The highest BCUT2D eigenvalue weighted by molar-refractivity contribution is 6.30. The first-order valence-electron chi connectivity index (χ1n) is 9.18. The molecule has 0 radical (unpaired) electrons. The minimum atomic E-state index is -0.575. The van der Waals surface area contributed by atoms with E-state index >= 15 is 0 Å². The van der Waals surface area contributed by atoms with Crippen molar-refractivity contribution in [3.05, 3.63) is 106 Å². The first-order chi connectivity index (χ1) is 13.2. The number of rotatable bonds is 3. The van der Waals surface area contributed by atoms with Crippen molar-refractivity contribution in [3.63, 3.8) is 0 Å². The lowest BCUT2D eigenvalue weighted by Gasteiger charge is -2.40. The average molecular weight is 375 g/mol. The van der Waals surface area contributed by atoms with Crippen LogP contribution >= 0.6 is 11.6 Å². The molecule has 3 aromatic carbocycles. The zero-order valence-electron chi connectivity index (χ0n) is 14.8. The van der Waals surface area contributed by atoms with Crippen molar-refractivity contribution in [2.75, 3.05) is 13.1 Å². The van der Waals surface area contributed by atoms with Gasteiger partial charge in [-0.3, -0.25) is 9.69 Å². The molecule has 0 N–H and O–H groups in total. The van der Waals surface area contributed by atoms with Gasteiger partial charge in [0.15, 0.2) is 0 Å². The van der Waals surface area contributed by atoms with E-state index in [1.807, 2.05) is 53.4 Å². The van der Waals surface area contributed by atoms with Crippen LogP contribution in [0.1, 0.15) is 27.0 Å². The number of hydrogen-bond donors (Lipinski definition) is 0. The van der Waals surface area contributed by atoms with Crippen LogP contribution in [0.25, 0.3) is 0 Å². The third-order valence-corrected chi connectivity index (χ3v) is 5.93. The van der Waals surface area contributed by atoms with Gasteiger partial charge in [0.25, 0.3) is 5.91 Å². The van der Waals surface area contributed by atoms with Gasteiger partial charge < -0.3 is 4.90 Å². The van der Waals surface area contributed by atoms with Crippen LogP contribution in [0.5, 0.6) is 0 Å². The van der Waals surface area contributed by atoms with E-state index in [1.165, 1.54) is 5.56 Å². The first-order valence-corrected chi connectivity index (χ1v) is 9.55. The molecular weight excluding hydrogens is 356 g/mol. The molecule has 0 spiro atoms. The van der Waals surface area contributed by atoms with E-state index in [4.69, 9.17) is 11.6 Å². The minimum Gasteiger partial charge on any atom is -0.311 e. The number of fused-ring (bicyclic) bond motifs is 3. The van der Waals surface area contributed by atoms with Gasteiger partial charge in [-0.05, 0) is 29.3 Å². The summed E-state index contributed by atoms with van der Waals surface area (Å²) >= 11 is 6.16. The Bertz CT molecular complexity index is 1000. The maximum Gasteiger partial charge on any atom is 0.256 e. The van der Waals surface area contributed by atoms with Crippen LogP contribution in [-0.2, 0) is 12.2 Å². The molecule has 3 nitrogen and oxygen atoms in total. The summed E-state index contributed by atoms with van der Waals surface area (Å²) in [5, 5.41) is 0.701. The smallest absolute Gasteiger partial charge is 0.256 e. The minimum absolute atomic E-state index is 0.108. The zero-order valence-corrected chi connectivity index (χ0v) is 15.6. The van der Waals surface area contributed by atoms with Gasteiger partial charge in [0.1, 0.15) is 5.66 Å². The Morgan fingerprint density at radius 3 is 2.33 bits per heavy atom. The molecule has 0 bridgehead atoms. The number of benzene rings is 3. The highest BCUT2D eigenvalue weighted by Crippen LogP contribution is 2.50. The summed E-state index contributed by atoms with van der Waals surface area (Å²) in [6.07, 6.45) is 0. The number of amides is 1. The van der Waals surface area contributed by atoms with E-state index in [0.29, 0.717) is 11.6 Å². The predicted octanol–water partition coefficient (Wildman–Crippen LogP) is 4.51. The Balaban J connectivity index is 1.71. The highest BCUT2D eigenvalue weighted by atomic mass is 35.5. The van der Waals surface area contributed by atoms with E-state index in [9.17, 15) is 4.79 Å². The maximum absolute atomic E-state index is 13.2. The molecule has 2 aliphatic heterocycles. The second-order valence-corrected chi connectivity index (χ2v) is 7.53. The first kappa shape index (κ1) is 16.5. The largest absolute Gasteiger partial charge is 0.311 e. The third kappa shape index (κ3) is 2.35. The molecule has 5 rings (SSSR count). The summed E-state index contributed by atoms with van der Waals surface area (Å²) in [6.45, 7) is 2.32. The summed E-state index contributed by atoms with van der Waals surface area (Å²) in [5.74, 6) is 0.108. The Kier molecular flexibility index (Phi) is 3.81. The molecule has 1 amide bonds. The van der Waals surface area contributed by atoms with Gasteiger partial charge in [-0.25, -0.2) is 0 Å². The summed E-state index contributed by atoms with van der Waals surface area (Å²) in [7, 11) is 0. The fourth-order valence-corrected chi connectivity index (χ4v) is 4.70. The Morgan fingerprint density at radius 2 is 1.56 bits per heavy atom. The SMILES string of the molecule is O=C1c2ccccc2C2(c3ccc(Cl)cc3)N(Cc3ccccc3)CCN12. The van der Waals surface area contributed by atoms with Crippen LogP contribution in [0.2, 0.25) is 5.02 Å². The second-order valence-electron chi connectivity index (χ2n) is 7.09. The van der Waals surface area contributed by atoms with Crippen molar-refractivity contribution >= 4 is 17.5 Å². The summed E-state index contributed by atoms with van der Waals surface area (Å²) in [4.78, 5) is 17.6. The molecule has 3 aromatic rings. The van der Waals surface area contributed by atoms with Crippen molar-refractivity contribution in [2.24, 2.45) is 0 Å². The molecule has 0 aromatic heterocycles. The lowest BCUT2D eigenvalue weighted by molar-refractivity contribution is 0.0429. The van der Waals surface area contributed by atoms with Crippen molar-refractivity contribution in [1.29, 1.82) is 0 Å². The molecular formula is C23H19ClN2O. The Morgan fingerprint density at radius 1 is 0.852 bits per heavy atom. The summed E-state index contributed by atoms with van der Waals surface area (Å²) in [5.41, 5.74) is 3.60. The number of carbonyl (C=O) groups excluding carboxylic acids is 1. The molecule has 1 atom stereocenters. The molecule has 2 aliphatic rings. The van der Waals surface area contributed by atoms with E-state index in [-0.39, 0.29) is 5.91 Å². The van der Waals surface area contributed by atoms with Gasteiger partial charge in [-0.1, -0.05) is 72.3 Å². The van der Waals surface area contributed by atoms with Crippen LogP contribution < -0.4 is 0 Å². The van der Waals surface area contributed by atoms with Gasteiger partial charge in [-0.2, -0.15) is 0 Å². The molecule has 1 fully saturated rings. The Hall–Kier alpha value is -2.62. The third-order valence-electron chi connectivity index (χ3n) is 5.68. The molecule has 1 unspecified atom stereocenters. The summed E-state index contributed by atoms with van der Waals surface area (Å²) < 4.78 is 0. The lowest BCUT2D eigenvalue weighted by Crippen LogP contribution is -2.48. The van der Waals surface area contributed by atoms with Gasteiger partial charge in [0.05, 0.1) is 0 Å².